The number of benzene rings is 1. The number of hydrogen-bond acceptors (Lipinski definition) is 3. The summed E-state index contributed by atoms with van der Waals surface area (Å²) in [6.07, 6.45) is 3.95. The number of anilines is 1. The average molecular weight is 289 g/mol. The van der Waals surface area contributed by atoms with Gasteiger partial charge >= 0.3 is 0 Å². The van der Waals surface area contributed by atoms with E-state index in [9.17, 15) is 4.79 Å². The van der Waals surface area contributed by atoms with Crippen LogP contribution in [0, 0.1) is 5.92 Å². The van der Waals surface area contributed by atoms with Crippen LogP contribution in [0.4, 0.5) is 5.69 Å². The molecule has 0 radical (unpaired) electrons. The average Bonchev–Trinajstić information content (AvgIpc) is 2.97. The summed E-state index contributed by atoms with van der Waals surface area (Å²) < 4.78 is 0. The highest BCUT2D eigenvalue weighted by Gasteiger charge is 2.15. The van der Waals surface area contributed by atoms with Crippen LogP contribution in [0.5, 0.6) is 0 Å². The Kier molecular flexibility index (Phi) is 6.05. The summed E-state index contributed by atoms with van der Waals surface area (Å²) >= 11 is 0. The molecule has 3 N–H and O–H groups in total. The van der Waals surface area contributed by atoms with E-state index < -0.39 is 0 Å². The van der Waals surface area contributed by atoms with E-state index in [-0.39, 0.29) is 5.91 Å². The van der Waals surface area contributed by atoms with Gasteiger partial charge in [0.25, 0.3) is 0 Å². The van der Waals surface area contributed by atoms with Crippen LogP contribution < -0.4 is 11.1 Å². The number of rotatable bonds is 7. The lowest BCUT2D eigenvalue weighted by atomic mass is 10.1. The molecule has 1 aliphatic rings. The molecule has 0 aliphatic carbocycles. The van der Waals surface area contributed by atoms with Gasteiger partial charge in [-0.05, 0) is 56.0 Å². The van der Waals surface area contributed by atoms with E-state index in [1.54, 1.807) is 0 Å². The van der Waals surface area contributed by atoms with Crippen molar-refractivity contribution in [1.82, 2.24) is 10.2 Å². The van der Waals surface area contributed by atoms with Crippen LogP contribution in [0.15, 0.2) is 24.3 Å². The monoisotopic (exact) mass is 289 g/mol. The van der Waals surface area contributed by atoms with Gasteiger partial charge in [0, 0.05) is 25.2 Å². The highest BCUT2D eigenvalue weighted by Crippen LogP contribution is 2.10. The summed E-state index contributed by atoms with van der Waals surface area (Å²) in [6, 6.07) is 7.73. The molecule has 21 heavy (non-hydrogen) atoms. The van der Waals surface area contributed by atoms with Crippen molar-refractivity contribution in [3.05, 3.63) is 29.8 Å². The quantitative estimate of drug-likeness (QED) is 0.755. The lowest BCUT2D eigenvalue weighted by Gasteiger charge is -2.20. The van der Waals surface area contributed by atoms with Crippen LogP contribution in [0.1, 0.15) is 31.7 Å². The Hall–Kier alpha value is -1.55. The number of nitrogens with two attached hydrogens (primary N) is 1. The molecular formula is C17H27N3O. The predicted octanol–water partition coefficient (Wildman–Crippen LogP) is 2.05. The molecule has 1 saturated heterocycles. The summed E-state index contributed by atoms with van der Waals surface area (Å²) in [5.74, 6) is 0.656. The van der Waals surface area contributed by atoms with Crippen molar-refractivity contribution in [2.24, 2.45) is 5.92 Å². The maximum atomic E-state index is 11.9. The number of carbonyl (C=O) groups is 1. The maximum Gasteiger partial charge on any atom is 0.220 e. The Morgan fingerprint density at radius 1 is 1.29 bits per heavy atom. The molecule has 116 valence electrons. The van der Waals surface area contributed by atoms with Gasteiger partial charge in [0.2, 0.25) is 5.91 Å². The molecular weight excluding hydrogens is 262 g/mol. The van der Waals surface area contributed by atoms with Gasteiger partial charge in [0.15, 0.2) is 0 Å². The Bertz CT molecular complexity index is 438. The van der Waals surface area contributed by atoms with E-state index in [0.29, 0.717) is 12.3 Å². The Morgan fingerprint density at radius 3 is 2.62 bits per heavy atom. The van der Waals surface area contributed by atoms with Gasteiger partial charge in [-0.15, -0.1) is 0 Å². The maximum absolute atomic E-state index is 11.9. The molecule has 0 spiro atoms. The lowest BCUT2D eigenvalue weighted by Crippen LogP contribution is -2.34. The Balaban J connectivity index is 1.61. The van der Waals surface area contributed by atoms with Crippen molar-refractivity contribution in [2.45, 2.75) is 32.6 Å². The van der Waals surface area contributed by atoms with E-state index >= 15 is 0 Å². The molecule has 1 heterocycles. The first-order chi connectivity index (χ1) is 10.1. The third-order valence-corrected chi connectivity index (χ3v) is 4.04. The molecule has 2 rings (SSSR count). The standard InChI is InChI=1S/C17H27N3O/c1-14(13-20-10-2-3-11-20)12-19-17(21)9-6-15-4-7-16(18)8-5-15/h4-5,7-8,14H,2-3,6,9-13,18H2,1H3,(H,19,21). The van der Waals surface area contributed by atoms with E-state index in [2.05, 4.69) is 17.1 Å². The van der Waals surface area contributed by atoms with Gasteiger partial charge in [0.05, 0.1) is 0 Å². The fourth-order valence-electron chi connectivity index (χ4n) is 2.79. The van der Waals surface area contributed by atoms with E-state index in [0.717, 1.165) is 30.8 Å². The second kappa shape index (κ2) is 8.03. The predicted molar refractivity (Wildman–Crippen MR) is 87.0 cm³/mol. The number of carbonyl (C=O) groups excluding carboxylic acids is 1. The second-order valence-corrected chi connectivity index (χ2v) is 6.16. The molecule has 1 aromatic rings. The zero-order valence-corrected chi connectivity index (χ0v) is 13.0. The number of likely N-dealkylation sites (tertiary alicyclic amines) is 1. The first-order valence-corrected chi connectivity index (χ1v) is 7.97. The Labute approximate surface area is 127 Å². The van der Waals surface area contributed by atoms with Crippen molar-refractivity contribution < 1.29 is 4.79 Å². The molecule has 0 saturated carbocycles. The fraction of sp³-hybridized carbons (Fsp3) is 0.588. The normalized spacial score (nSPS) is 16.8. The molecule has 1 aliphatic heterocycles. The van der Waals surface area contributed by atoms with Gasteiger partial charge in [-0.3, -0.25) is 4.79 Å². The van der Waals surface area contributed by atoms with Gasteiger partial charge in [-0.25, -0.2) is 0 Å². The van der Waals surface area contributed by atoms with Crippen LogP contribution >= 0.6 is 0 Å². The number of aryl methyl sites for hydroxylation is 1. The highest BCUT2D eigenvalue weighted by molar-refractivity contribution is 5.76. The van der Waals surface area contributed by atoms with E-state index in [4.69, 9.17) is 5.73 Å². The van der Waals surface area contributed by atoms with Crippen LogP contribution in [0.2, 0.25) is 0 Å². The van der Waals surface area contributed by atoms with Crippen LogP contribution in [-0.2, 0) is 11.2 Å². The first-order valence-electron chi connectivity index (χ1n) is 7.97. The minimum Gasteiger partial charge on any atom is -0.399 e. The van der Waals surface area contributed by atoms with Gasteiger partial charge in [-0.2, -0.15) is 0 Å². The van der Waals surface area contributed by atoms with Crippen molar-refractivity contribution in [3.63, 3.8) is 0 Å². The fourth-order valence-corrected chi connectivity index (χ4v) is 2.79. The summed E-state index contributed by atoms with van der Waals surface area (Å²) in [7, 11) is 0. The van der Waals surface area contributed by atoms with Crippen molar-refractivity contribution in [3.8, 4) is 0 Å². The van der Waals surface area contributed by atoms with E-state index in [1.165, 1.54) is 25.9 Å². The summed E-state index contributed by atoms with van der Waals surface area (Å²) in [4.78, 5) is 14.4. The third kappa shape index (κ3) is 5.76. The van der Waals surface area contributed by atoms with Crippen LogP contribution in [-0.4, -0.2) is 37.0 Å². The molecule has 1 fully saturated rings. The molecule has 1 aromatic carbocycles. The number of nitrogen functional groups attached to an aromatic ring is 1. The SMILES string of the molecule is CC(CNC(=O)CCc1ccc(N)cc1)CN1CCCC1. The smallest absolute Gasteiger partial charge is 0.220 e. The Morgan fingerprint density at radius 2 is 1.95 bits per heavy atom. The van der Waals surface area contributed by atoms with Gasteiger partial charge < -0.3 is 16.0 Å². The molecule has 0 bridgehead atoms. The molecule has 0 aromatic heterocycles. The molecule has 4 nitrogen and oxygen atoms in total. The van der Waals surface area contributed by atoms with Crippen molar-refractivity contribution in [1.29, 1.82) is 0 Å². The summed E-state index contributed by atoms with van der Waals surface area (Å²) in [5, 5.41) is 3.05. The van der Waals surface area contributed by atoms with Crippen LogP contribution in [0.3, 0.4) is 0 Å². The van der Waals surface area contributed by atoms with Crippen LogP contribution in [0.25, 0.3) is 0 Å². The number of amides is 1. The third-order valence-electron chi connectivity index (χ3n) is 4.04. The van der Waals surface area contributed by atoms with Crippen molar-refractivity contribution >= 4 is 11.6 Å². The van der Waals surface area contributed by atoms with Crippen molar-refractivity contribution in [2.75, 3.05) is 31.9 Å². The van der Waals surface area contributed by atoms with Gasteiger partial charge in [0.1, 0.15) is 0 Å². The zero-order valence-electron chi connectivity index (χ0n) is 13.0. The lowest BCUT2D eigenvalue weighted by molar-refractivity contribution is -0.121. The van der Waals surface area contributed by atoms with E-state index in [1.807, 2.05) is 24.3 Å². The highest BCUT2D eigenvalue weighted by atomic mass is 16.1. The number of hydrogen-bond donors (Lipinski definition) is 2. The number of nitrogens with zero attached hydrogens (tertiary/aromatic N) is 1. The zero-order chi connectivity index (χ0) is 15.1. The molecule has 4 heteroatoms. The summed E-state index contributed by atoms with van der Waals surface area (Å²) in [5.41, 5.74) is 7.57. The minimum absolute atomic E-state index is 0.139. The molecule has 1 atom stereocenters. The topological polar surface area (TPSA) is 58.4 Å². The minimum atomic E-state index is 0.139. The first kappa shape index (κ1) is 15.8. The number of nitrogens with one attached hydrogen (secondary N) is 1. The van der Waals surface area contributed by atoms with Gasteiger partial charge in [-0.1, -0.05) is 19.1 Å². The molecule has 1 unspecified atom stereocenters. The largest absolute Gasteiger partial charge is 0.399 e. The molecule has 1 amide bonds. The second-order valence-electron chi connectivity index (χ2n) is 6.16. The summed E-state index contributed by atoms with van der Waals surface area (Å²) in [6.45, 7) is 6.51.